The minimum Gasteiger partial charge on any atom is -0.348 e. The predicted molar refractivity (Wildman–Crippen MR) is 56.4 cm³/mol. The number of nitrogens with one attached hydrogen (secondary N) is 2. The number of thiocarbonyl (C=S) groups is 1. The Hall–Kier alpha value is -0.640. The lowest BCUT2D eigenvalue weighted by Crippen LogP contribution is -2.43. The van der Waals surface area contributed by atoms with E-state index in [1.165, 1.54) is 0 Å². The van der Waals surface area contributed by atoms with E-state index in [2.05, 4.69) is 24.5 Å². The summed E-state index contributed by atoms with van der Waals surface area (Å²) in [6.45, 7) is 6.19. The Labute approximate surface area is 84.3 Å². The second-order valence-corrected chi connectivity index (χ2v) is 4.58. The third kappa shape index (κ3) is 2.40. The zero-order chi connectivity index (χ0) is 10.1. The van der Waals surface area contributed by atoms with E-state index in [0.717, 1.165) is 12.8 Å². The van der Waals surface area contributed by atoms with Crippen LogP contribution in [0.4, 0.5) is 0 Å². The van der Waals surface area contributed by atoms with E-state index in [-0.39, 0.29) is 5.91 Å². The molecule has 1 rings (SSSR count). The van der Waals surface area contributed by atoms with Gasteiger partial charge in [-0.05, 0) is 37.9 Å². The number of rotatable bonds is 3. The largest absolute Gasteiger partial charge is 0.348 e. The zero-order valence-electron chi connectivity index (χ0n) is 8.31. The highest BCUT2D eigenvalue weighted by molar-refractivity contribution is 7.80. The van der Waals surface area contributed by atoms with E-state index in [9.17, 15) is 4.79 Å². The lowest BCUT2D eigenvalue weighted by molar-refractivity contribution is -0.123. The molecular weight excluding hydrogens is 184 g/mol. The van der Waals surface area contributed by atoms with Crippen molar-refractivity contribution in [3.8, 4) is 0 Å². The van der Waals surface area contributed by atoms with Crippen LogP contribution in [0.15, 0.2) is 0 Å². The van der Waals surface area contributed by atoms with Crippen LogP contribution in [-0.2, 0) is 4.79 Å². The van der Waals surface area contributed by atoms with Crippen molar-refractivity contribution < 1.29 is 4.79 Å². The molecule has 2 N–H and O–H groups in total. The van der Waals surface area contributed by atoms with Crippen molar-refractivity contribution in [3.63, 3.8) is 0 Å². The van der Waals surface area contributed by atoms with Crippen molar-refractivity contribution in [1.29, 1.82) is 0 Å². The summed E-state index contributed by atoms with van der Waals surface area (Å²) in [6.07, 6.45) is 1.86. The maximum absolute atomic E-state index is 11.5. The average molecular weight is 200 g/mol. The van der Waals surface area contributed by atoms with Gasteiger partial charge < -0.3 is 10.6 Å². The molecule has 0 saturated carbocycles. The highest BCUT2D eigenvalue weighted by Gasteiger charge is 2.39. The highest BCUT2D eigenvalue weighted by Crippen LogP contribution is 2.19. The van der Waals surface area contributed by atoms with Crippen molar-refractivity contribution in [2.75, 3.05) is 0 Å². The summed E-state index contributed by atoms with van der Waals surface area (Å²) in [5, 5.41) is 6.07. The molecule has 3 nitrogen and oxygen atoms in total. The van der Waals surface area contributed by atoms with Crippen LogP contribution < -0.4 is 10.6 Å². The van der Waals surface area contributed by atoms with Crippen LogP contribution in [0.5, 0.6) is 0 Å². The van der Waals surface area contributed by atoms with E-state index < -0.39 is 5.54 Å². The zero-order valence-corrected chi connectivity index (χ0v) is 9.12. The standard InChI is InChI=1S/C9H16N2OS/c1-6(2)4-5-9(3)7(12)10-8(13)11-9/h6H,4-5H2,1-3H3,(H2,10,11,12,13). The molecule has 1 unspecified atom stereocenters. The molecule has 1 heterocycles. The molecule has 1 aliphatic heterocycles. The summed E-state index contributed by atoms with van der Waals surface area (Å²) in [7, 11) is 0. The van der Waals surface area contributed by atoms with Crippen molar-refractivity contribution in [2.45, 2.75) is 39.2 Å². The molecule has 74 valence electrons. The van der Waals surface area contributed by atoms with Crippen LogP contribution >= 0.6 is 12.2 Å². The van der Waals surface area contributed by atoms with E-state index in [4.69, 9.17) is 12.2 Å². The molecule has 0 aliphatic carbocycles. The van der Waals surface area contributed by atoms with E-state index in [1.807, 2.05) is 6.92 Å². The van der Waals surface area contributed by atoms with Gasteiger partial charge in [0.1, 0.15) is 5.54 Å². The Morgan fingerprint density at radius 3 is 2.54 bits per heavy atom. The molecule has 1 aliphatic rings. The summed E-state index contributed by atoms with van der Waals surface area (Å²) < 4.78 is 0. The van der Waals surface area contributed by atoms with Crippen LogP contribution in [0.2, 0.25) is 0 Å². The first-order chi connectivity index (χ1) is 5.94. The smallest absolute Gasteiger partial charge is 0.251 e. The van der Waals surface area contributed by atoms with Crippen molar-refractivity contribution in [1.82, 2.24) is 10.6 Å². The fourth-order valence-corrected chi connectivity index (χ4v) is 1.65. The summed E-state index contributed by atoms with van der Waals surface area (Å²) in [6, 6.07) is 0. The highest BCUT2D eigenvalue weighted by atomic mass is 32.1. The first-order valence-corrected chi connectivity index (χ1v) is 4.98. The quantitative estimate of drug-likeness (QED) is 0.672. The molecule has 1 amide bonds. The minimum atomic E-state index is -0.485. The Morgan fingerprint density at radius 2 is 2.15 bits per heavy atom. The van der Waals surface area contributed by atoms with Gasteiger partial charge in [-0.15, -0.1) is 0 Å². The lowest BCUT2D eigenvalue weighted by Gasteiger charge is -2.21. The van der Waals surface area contributed by atoms with Crippen LogP contribution in [-0.4, -0.2) is 16.6 Å². The van der Waals surface area contributed by atoms with Gasteiger partial charge in [-0.2, -0.15) is 0 Å². The topological polar surface area (TPSA) is 41.1 Å². The number of carbonyl (C=O) groups excluding carboxylic acids is 1. The van der Waals surface area contributed by atoms with Crippen LogP contribution in [0.3, 0.4) is 0 Å². The molecule has 0 bridgehead atoms. The van der Waals surface area contributed by atoms with Crippen molar-refractivity contribution in [3.05, 3.63) is 0 Å². The molecular formula is C9H16N2OS. The fourth-order valence-electron chi connectivity index (χ4n) is 1.33. The number of carbonyl (C=O) groups is 1. The van der Waals surface area contributed by atoms with Gasteiger partial charge in [0.25, 0.3) is 5.91 Å². The number of hydrogen-bond donors (Lipinski definition) is 2. The molecule has 1 atom stereocenters. The van der Waals surface area contributed by atoms with E-state index >= 15 is 0 Å². The molecule has 1 fully saturated rings. The fraction of sp³-hybridized carbons (Fsp3) is 0.778. The third-order valence-corrected chi connectivity index (χ3v) is 2.54. The summed E-state index contributed by atoms with van der Waals surface area (Å²) in [4.78, 5) is 11.5. The minimum absolute atomic E-state index is 0.00171. The Morgan fingerprint density at radius 1 is 1.54 bits per heavy atom. The molecule has 0 aromatic carbocycles. The molecule has 1 saturated heterocycles. The SMILES string of the molecule is CC(C)CCC1(C)NC(=S)NC1=O. The summed E-state index contributed by atoms with van der Waals surface area (Å²) >= 11 is 4.88. The van der Waals surface area contributed by atoms with Gasteiger partial charge in [-0.25, -0.2) is 0 Å². The average Bonchev–Trinajstić information content (AvgIpc) is 2.23. The van der Waals surface area contributed by atoms with Gasteiger partial charge in [-0.3, -0.25) is 4.79 Å². The molecule has 0 aromatic heterocycles. The summed E-state index contributed by atoms with van der Waals surface area (Å²) in [5.41, 5.74) is -0.485. The van der Waals surface area contributed by atoms with Crippen molar-refractivity contribution in [2.24, 2.45) is 5.92 Å². The van der Waals surface area contributed by atoms with E-state index in [1.54, 1.807) is 0 Å². The Bertz CT molecular complexity index is 240. The lowest BCUT2D eigenvalue weighted by atomic mass is 9.92. The number of hydrogen-bond acceptors (Lipinski definition) is 2. The monoisotopic (exact) mass is 200 g/mol. The van der Waals surface area contributed by atoms with Gasteiger partial charge in [0.2, 0.25) is 0 Å². The molecule has 0 aromatic rings. The van der Waals surface area contributed by atoms with Crippen LogP contribution in [0.1, 0.15) is 33.6 Å². The van der Waals surface area contributed by atoms with Gasteiger partial charge in [0, 0.05) is 0 Å². The van der Waals surface area contributed by atoms with Gasteiger partial charge in [0.05, 0.1) is 0 Å². The summed E-state index contributed by atoms with van der Waals surface area (Å²) in [5.74, 6) is 0.610. The first-order valence-electron chi connectivity index (χ1n) is 4.57. The predicted octanol–water partition coefficient (Wildman–Crippen LogP) is 1.19. The normalized spacial score (nSPS) is 27.7. The molecule has 0 radical (unpaired) electrons. The number of amides is 1. The van der Waals surface area contributed by atoms with E-state index in [0.29, 0.717) is 11.0 Å². The first kappa shape index (κ1) is 10.4. The second kappa shape index (κ2) is 3.62. The van der Waals surface area contributed by atoms with Crippen LogP contribution in [0.25, 0.3) is 0 Å². The molecule has 0 spiro atoms. The van der Waals surface area contributed by atoms with Crippen LogP contribution in [0, 0.1) is 5.92 Å². The third-order valence-electron chi connectivity index (χ3n) is 2.34. The maximum atomic E-state index is 11.5. The van der Waals surface area contributed by atoms with Crippen molar-refractivity contribution >= 4 is 23.2 Å². The maximum Gasteiger partial charge on any atom is 0.251 e. The Balaban J connectivity index is 2.55. The molecule has 13 heavy (non-hydrogen) atoms. The second-order valence-electron chi connectivity index (χ2n) is 4.17. The molecule has 4 heteroatoms. The van der Waals surface area contributed by atoms with Gasteiger partial charge in [-0.1, -0.05) is 13.8 Å². The Kier molecular flexibility index (Phi) is 2.91. The van der Waals surface area contributed by atoms with Gasteiger partial charge >= 0.3 is 0 Å². The van der Waals surface area contributed by atoms with Gasteiger partial charge in [0.15, 0.2) is 5.11 Å².